The summed E-state index contributed by atoms with van der Waals surface area (Å²) in [6, 6.07) is 9.38. The minimum Gasteiger partial charge on any atom is -0.377 e. The van der Waals surface area contributed by atoms with Crippen LogP contribution in [0.1, 0.15) is 36.8 Å². The van der Waals surface area contributed by atoms with E-state index in [0.717, 1.165) is 31.1 Å². The van der Waals surface area contributed by atoms with Gasteiger partial charge in [-0.05, 0) is 30.5 Å². The molecule has 0 radical (unpaired) electrons. The van der Waals surface area contributed by atoms with Crippen molar-refractivity contribution in [1.29, 1.82) is 0 Å². The van der Waals surface area contributed by atoms with E-state index in [-0.39, 0.29) is 12.4 Å². The Morgan fingerprint density at radius 2 is 1.54 bits per heavy atom. The lowest BCUT2D eigenvalue weighted by Crippen LogP contribution is -2.42. The number of benzene rings is 1. The summed E-state index contributed by atoms with van der Waals surface area (Å²) in [7, 11) is 2.65. The number of halogens is 1. The Kier molecular flexibility index (Phi) is 13.2. The van der Waals surface area contributed by atoms with Crippen LogP contribution in [-0.2, 0) is 19.8 Å². The van der Waals surface area contributed by atoms with Gasteiger partial charge >= 0.3 is 8.80 Å². The van der Waals surface area contributed by atoms with Crippen molar-refractivity contribution in [3.05, 3.63) is 42.0 Å². The monoisotopic (exact) mass is 373 g/mol. The van der Waals surface area contributed by atoms with E-state index < -0.39 is 8.80 Å². The van der Waals surface area contributed by atoms with Crippen LogP contribution in [-0.4, -0.2) is 36.7 Å². The van der Waals surface area contributed by atoms with Crippen LogP contribution in [0.25, 0.3) is 6.08 Å². The van der Waals surface area contributed by atoms with E-state index in [2.05, 4.69) is 36.2 Å². The normalized spacial score (nSPS) is 11.1. The van der Waals surface area contributed by atoms with Gasteiger partial charge in [-0.25, -0.2) is 0 Å². The van der Waals surface area contributed by atoms with Gasteiger partial charge in [-0.2, -0.15) is 0 Å². The lowest BCUT2D eigenvalue weighted by Gasteiger charge is -2.24. The molecule has 0 spiro atoms. The van der Waals surface area contributed by atoms with E-state index >= 15 is 0 Å². The zero-order valence-electron chi connectivity index (χ0n) is 15.2. The molecule has 0 atom stereocenters. The number of rotatable bonds is 13. The third-order valence-corrected chi connectivity index (χ3v) is 6.90. The van der Waals surface area contributed by atoms with Gasteiger partial charge in [0, 0.05) is 33.9 Å². The van der Waals surface area contributed by atoms with Gasteiger partial charge in [0.2, 0.25) is 0 Å². The molecule has 0 aliphatic heterocycles. The predicted molar refractivity (Wildman–Crippen MR) is 106 cm³/mol. The maximum absolute atomic E-state index is 5.42. The van der Waals surface area contributed by atoms with Gasteiger partial charge in [-0.3, -0.25) is 0 Å². The molecule has 0 fully saturated rings. The maximum atomic E-state index is 5.42. The molecule has 0 saturated heterocycles. The highest BCUT2D eigenvalue weighted by Gasteiger charge is 2.36. The van der Waals surface area contributed by atoms with Gasteiger partial charge < -0.3 is 18.6 Å². The fourth-order valence-electron chi connectivity index (χ4n) is 2.51. The zero-order chi connectivity index (χ0) is 17.0. The largest absolute Gasteiger partial charge is 0.500 e. The summed E-state index contributed by atoms with van der Waals surface area (Å²) in [6.45, 7) is 5.73. The van der Waals surface area contributed by atoms with Gasteiger partial charge in [0.25, 0.3) is 0 Å². The Balaban J connectivity index is 0.00000529. The molecule has 0 aliphatic rings. The minimum absolute atomic E-state index is 0. The van der Waals surface area contributed by atoms with Gasteiger partial charge in [0.1, 0.15) is 0 Å². The van der Waals surface area contributed by atoms with Crippen molar-refractivity contribution in [2.24, 2.45) is 0 Å². The van der Waals surface area contributed by atoms with Crippen LogP contribution >= 0.6 is 12.4 Å². The fourth-order valence-corrected chi connectivity index (χ4v) is 4.30. The Labute approximate surface area is 154 Å². The van der Waals surface area contributed by atoms with Crippen LogP contribution in [0.15, 0.2) is 30.8 Å². The molecular formula is C18H32ClNO3Si. The van der Waals surface area contributed by atoms with Crippen LogP contribution in [0.3, 0.4) is 0 Å². The van der Waals surface area contributed by atoms with Crippen molar-refractivity contribution < 1.29 is 13.3 Å². The molecule has 0 heterocycles. The first-order chi connectivity index (χ1) is 11.2. The number of hydrogen-bond donors (Lipinski definition) is 1. The molecule has 1 N–H and O–H groups in total. The second-order valence-electron chi connectivity index (χ2n) is 5.58. The Morgan fingerprint density at radius 1 is 0.958 bits per heavy atom. The maximum Gasteiger partial charge on any atom is 0.500 e. The van der Waals surface area contributed by atoms with Crippen LogP contribution in [0, 0.1) is 0 Å². The first kappa shape index (κ1) is 23.3. The molecule has 6 heteroatoms. The average Bonchev–Trinajstić information content (AvgIpc) is 2.61. The molecule has 0 bridgehead atoms. The van der Waals surface area contributed by atoms with Gasteiger partial charge in [0.05, 0.1) is 0 Å². The highest BCUT2D eigenvalue weighted by atomic mass is 35.5. The molecule has 138 valence electrons. The van der Waals surface area contributed by atoms with Crippen molar-refractivity contribution in [3.63, 3.8) is 0 Å². The number of hydrogen-bond acceptors (Lipinski definition) is 4. The summed E-state index contributed by atoms with van der Waals surface area (Å²) < 4.78 is 16.3. The SMILES string of the molecule is C=Cc1ccc(CNCCCCCC[Si](OC)(OC)OC)cc1.Cl. The zero-order valence-corrected chi connectivity index (χ0v) is 17.0. The molecule has 4 nitrogen and oxygen atoms in total. The summed E-state index contributed by atoms with van der Waals surface area (Å²) in [4.78, 5) is 0. The van der Waals surface area contributed by atoms with Crippen molar-refractivity contribution >= 4 is 27.3 Å². The molecule has 24 heavy (non-hydrogen) atoms. The first-order valence-electron chi connectivity index (χ1n) is 8.27. The highest BCUT2D eigenvalue weighted by Crippen LogP contribution is 2.17. The van der Waals surface area contributed by atoms with Crippen molar-refractivity contribution in [1.82, 2.24) is 5.32 Å². The third kappa shape index (κ3) is 8.42. The van der Waals surface area contributed by atoms with Crippen molar-refractivity contribution in [3.8, 4) is 0 Å². The molecule has 1 aromatic rings. The Bertz CT molecular complexity index is 430. The van der Waals surface area contributed by atoms with E-state index in [1.165, 1.54) is 24.8 Å². The summed E-state index contributed by atoms with van der Waals surface area (Å²) in [6.07, 6.45) is 6.53. The smallest absolute Gasteiger partial charge is 0.377 e. The minimum atomic E-state index is -2.37. The van der Waals surface area contributed by atoms with Crippen LogP contribution in [0.5, 0.6) is 0 Å². The van der Waals surface area contributed by atoms with Crippen molar-refractivity contribution in [2.45, 2.75) is 38.3 Å². The third-order valence-electron chi connectivity index (χ3n) is 4.06. The predicted octanol–water partition coefficient (Wildman–Crippen LogP) is 4.28. The van der Waals surface area contributed by atoms with Crippen LogP contribution < -0.4 is 5.32 Å². The summed E-state index contributed by atoms with van der Waals surface area (Å²) >= 11 is 0. The lowest BCUT2D eigenvalue weighted by atomic mass is 10.1. The van der Waals surface area contributed by atoms with Gasteiger partial charge in [-0.15, -0.1) is 12.4 Å². The molecule has 0 saturated carbocycles. The lowest BCUT2D eigenvalue weighted by molar-refractivity contribution is 0.122. The summed E-state index contributed by atoms with van der Waals surface area (Å²) in [5, 5.41) is 3.49. The quantitative estimate of drug-likeness (QED) is 0.414. The van der Waals surface area contributed by atoms with Crippen LogP contribution in [0.2, 0.25) is 6.04 Å². The fraction of sp³-hybridized carbons (Fsp3) is 0.556. The van der Waals surface area contributed by atoms with Gasteiger partial charge in [-0.1, -0.05) is 49.8 Å². The molecule has 1 rings (SSSR count). The molecule has 0 aromatic heterocycles. The van der Waals surface area contributed by atoms with E-state index in [9.17, 15) is 0 Å². The first-order valence-corrected chi connectivity index (χ1v) is 10.2. The van der Waals surface area contributed by atoms with Crippen molar-refractivity contribution in [2.75, 3.05) is 27.9 Å². The topological polar surface area (TPSA) is 39.7 Å². The standard InChI is InChI=1S/C18H31NO3Si.ClH/c1-5-17-10-12-18(13-11-17)16-19-14-8-6-7-9-15-23(20-2,21-3)22-4;/h5,10-13,19H,1,6-9,14-16H2,2-4H3;1H. The van der Waals surface area contributed by atoms with E-state index in [1.54, 1.807) is 21.3 Å². The van der Waals surface area contributed by atoms with Crippen LogP contribution in [0.4, 0.5) is 0 Å². The number of nitrogens with one attached hydrogen (secondary N) is 1. The molecule has 0 unspecified atom stereocenters. The second-order valence-corrected chi connectivity index (χ2v) is 8.67. The second kappa shape index (κ2) is 13.6. The highest BCUT2D eigenvalue weighted by molar-refractivity contribution is 6.60. The molecular weight excluding hydrogens is 342 g/mol. The molecule has 0 aliphatic carbocycles. The Hall–Kier alpha value is -0.693. The summed E-state index contributed by atoms with van der Waals surface area (Å²) in [5.74, 6) is 0. The van der Waals surface area contributed by atoms with Gasteiger partial charge in [0.15, 0.2) is 0 Å². The molecule has 1 aromatic carbocycles. The van der Waals surface area contributed by atoms with E-state index in [1.807, 2.05) is 6.08 Å². The molecule has 0 amide bonds. The number of unbranched alkanes of at least 4 members (excludes halogenated alkanes) is 3. The Morgan fingerprint density at radius 3 is 2.08 bits per heavy atom. The average molecular weight is 374 g/mol. The summed E-state index contributed by atoms with van der Waals surface area (Å²) in [5.41, 5.74) is 2.48. The van der Waals surface area contributed by atoms with E-state index in [4.69, 9.17) is 13.3 Å². The van der Waals surface area contributed by atoms with E-state index in [0.29, 0.717) is 0 Å².